The maximum Gasteiger partial charge on any atom is 0.253 e. The summed E-state index contributed by atoms with van der Waals surface area (Å²) >= 11 is 7.63. The highest BCUT2D eigenvalue weighted by Crippen LogP contribution is 2.22. The molecule has 1 aromatic rings. The van der Waals surface area contributed by atoms with Crippen molar-refractivity contribution in [3.63, 3.8) is 0 Å². The Morgan fingerprint density at radius 2 is 2.12 bits per heavy atom. The Hall–Kier alpha value is -0.670. The minimum absolute atomic E-state index is 0.119. The maximum absolute atomic E-state index is 12.1. The summed E-state index contributed by atoms with van der Waals surface area (Å²) in [5.41, 5.74) is 0.728. The summed E-state index contributed by atoms with van der Waals surface area (Å²) in [6, 6.07) is 7.10. The van der Waals surface area contributed by atoms with E-state index in [1.54, 1.807) is 24.3 Å². The Kier molecular flexibility index (Phi) is 3.77. The quantitative estimate of drug-likeness (QED) is 0.810. The van der Waals surface area contributed by atoms with Crippen LogP contribution >= 0.6 is 23.4 Å². The van der Waals surface area contributed by atoms with Crippen molar-refractivity contribution >= 4 is 29.3 Å². The molecule has 1 heterocycles. The molecule has 0 radical (unpaired) electrons. The summed E-state index contributed by atoms with van der Waals surface area (Å²) in [7, 11) is 0. The highest BCUT2D eigenvalue weighted by Gasteiger charge is 2.25. The monoisotopic (exact) mass is 255 g/mol. The predicted molar refractivity (Wildman–Crippen MR) is 69.3 cm³/mol. The lowest BCUT2D eigenvalue weighted by Crippen LogP contribution is -2.28. The molecule has 0 N–H and O–H groups in total. The van der Waals surface area contributed by atoms with Gasteiger partial charge in [0.2, 0.25) is 0 Å². The molecule has 4 heteroatoms. The molecule has 2 nitrogen and oxygen atoms in total. The van der Waals surface area contributed by atoms with Crippen molar-refractivity contribution in [2.75, 3.05) is 19.3 Å². The predicted octanol–water partition coefficient (Wildman–Crippen LogP) is 2.92. The smallest absolute Gasteiger partial charge is 0.253 e. The first kappa shape index (κ1) is 11.8. The van der Waals surface area contributed by atoms with Crippen molar-refractivity contribution in [2.24, 2.45) is 0 Å². The standard InChI is InChI=1S/C12H14ClNOS/c1-16-11-6-7-14(8-11)12(15)9-2-4-10(13)5-3-9/h2-5,11H,6-8H2,1H3/t11-/m1/s1. The van der Waals surface area contributed by atoms with Gasteiger partial charge in [0, 0.05) is 28.9 Å². The molecule has 16 heavy (non-hydrogen) atoms. The van der Waals surface area contributed by atoms with Crippen LogP contribution in [-0.4, -0.2) is 35.4 Å². The summed E-state index contributed by atoms with van der Waals surface area (Å²) in [5, 5.41) is 1.26. The van der Waals surface area contributed by atoms with Gasteiger partial charge >= 0.3 is 0 Å². The fourth-order valence-corrected chi connectivity index (χ4v) is 2.68. The lowest BCUT2D eigenvalue weighted by molar-refractivity contribution is 0.0793. The number of thioether (sulfide) groups is 1. The van der Waals surface area contributed by atoms with Gasteiger partial charge in [-0.3, -0.25) is 4.79 Å². The zero-order valence-corrected chi connectivity index (χ0v) is 10.7. The third-order valence-corrected chi connectivity index (χ3v) is 4.16. The van der Waals surface area contributed by atoms with Crippen LogP contribution in [0.2, 0.25) is 5.02 Å². The lowest BCUT2D eigenvalue weighted by atomic mass is 10.2. The first-order chi connectivity index (χ1) is 7.70. The molecule has 1 fully saturated rings. The SMILES string of the molecule is CS[C@@H]1CCN(C(=O)c2ccc(Cl)cc2)C1. The van der Waals surface area contributed by atoms with Crippen molar-refractivity contribution in [1.82, 2.24) is 4.90 Å². The van der Waals surface area contributed by atoms with E-state index in [1.807, 2.05) is 16.7 Å². The van der Waals surface area contributed by atoms with Crippen molar-refractivity contribution in [3.05, 3.63) is 34.9 Å². The van der Waals surface area contributed by atoms with E-state index < -0.39 is 0 Å². The summed E-state index contributed by atoms with van der Waals surface area (Å²) in [6.07, 6.45) is 3.20. The number of nitrogens with zero attached hydrogens (tertiary/aromatic N) is 1. The van der Waals surface area contributed by atoms with E-state index in [9.17, 15) is 4.79 Å². The second-order valence-electron chi connectivity index (χ2n) is 3.90. The van der Waals surface area contributed by atoms with E-state index in [1.165, 1.54) is 0 Å². The molecule has 0 aromatic heterocycles. The van der Waals surface area contributed by atoms with Crippen LogP contribution in [0, 0.1) is 0 Å². The minimum atomic E-state index is 0.119. The number of rotatable bonds is 2. The van der Waals surface area contributed by atoms with E-state index in [4.69, 9.17) is 11.6 Å². The third-order valence-electron chi connectivity index (χ3n) is 2.86. The summed E-state index contributed by atoms with van der Waals surface area (Å²) in [4.78, 5) is 14.0. The van der Waals surface area contributed by atoms with Gasteiger partial charge < -0.3 is 4.90 Å². The number of hydrogen-bond donors (Lipinski definition) is 0. The zero-order valence-electron chi connectivity index (χ0n) is 9.15. The first-order valence-electron chi connectivity index (χ1n) is 5.28. The van der Waals surface area contributed by atoms with Gasteiger partial charge in [-0.1, -0.05) is 11.6 Å². The average molecular weight is 256 g/mol. The van der Waals surface area contributed by atoms with E-state index in [0.717, 1.165) is 25.1 Å². The number of benzene rings is 1. The molecule has 0 saturated carbocycles. The largest absolute Gasteiger partial charge is 0.337 e. The number of halogens is 1. The Morgan fingerprint density at radius 1 is 1.44 bits per heavy atom. The molecule has 86 valence electrons. The molecule has 0 bridgehead atoms. The highest BCUT2D eigenvalue weighted by molar-refractivity contribution is 7.99. The van der Waals surface area contributed by atoms with Gasteiger partial charge in [-0.15, -0.1) is 0 Å². The molecular weight excluding hydrogens is 242 g/mol. The number of hydrogen-bond acceptors (Lipinski definition) is 2. The fourth-order valence-electron chi connectivity index (χ4n) is 1.88. The minimum Gasteiger partial charge on any atom is -0.337 e. The van der Waals surface area contributed by atoms with E-state index in [2.05, 4.69) is 6.26 Å². The molecule has 1 saturated heterocycles. The topological polar surface area (TPSA) is 20.3 Å². The van der Waals surface area contributed by atoms with Crippen molar-refractivity contribution in [3.8, 4) is 0 Å². The van der Waals surface area contributed by atoms with Gasteiger partial charge in [0.1, 0.15) is 0 Å². The van der Waals surface area contributed by atoms with Crippen molar-refractivity contribution < 1.29 is 4.79 Å². The number of carbonyl (C=O) groups excluding carboxylic acids is 1. The third kappa shape index (κ3) is 2.53. The summed E-state index contributed by atoms with van der Waals surface area (Å²) in [5.74, 6) is 0.119. The fraction of sp³-hybridized carbons (Fsp3) is 0.417. The van der Waals surface area contributed by atoms with Gasteiger partial charge in [-0.2, -0.15) is 11.8 Å². The number of amides is 1. The number of carbonyl (C=O) groups is 1. The molecule has 1 atom stereocenters. The second kappa shape index (κ2) is 5.11. The van der Waals surface area contributed by atoms with E-state index in [0.29, 0.717) is 10.3 Å². The molecule has 1 aliphatic rings. The van der Waals surface area contributed by atoms with Crippen LogP contribution in [0.1, 0.15) is 16.8 Å². The molecule has 1 aliphatic heterocycles. The van der Waals surface area contributed by atoms with Gasteiger partial charge in [0.25, 0.3) is 5.91 Å². The van der Waals surface area contributed by atoms with Gasteiger partial charge in [-0.25, -0.2) is 0 Å². The van der Waals surface area contributed by atoms with Gasteiger partial charge in [0.15, 0.2) is 0 Å². The second-order valence-corrected chi connectivity index (χ2v) is 5.48. The molecule has 1 amide bonds. The van der Waals surface area contributed by atoms with Gasteiger partial charge in [0.05, 0.1) is 0 Å². The number of likely N-dealkylation sites (tertiary alicyclic amines) is 1. The van der Waals surface area contributed by atoms with Crippen molar-refractivity contribution in [2.45, 2.75) is 11.7 Å². The lowest BCUT2D eigenvalue weighted by Gasteiger charge is -2.16. The molecule has 1 aromatic carbocycles. The maximum atomic E-state index is 12.1. The van der Waals surface area contributed by atoms with Crippen LogP contribution in [0.4, 0.5) is 0 Å². The van der Waals surface area contributed by atoms with Crippen LogP contribution < -0.4 is 0 Å². The van der Waals surface area contributed by atoms with Crippen LogP contribution in [0.3, 0.4) is 0 Å². The van der Waals surface area contributed by atoms with E-state index in [-0.39, 0.29) is 5.91 Å². The van der Waals surface area contributed by atoms with Crippen LogP contribution in [0.5, 0.6) is 0 Å². The van der Waals surface area contributed by atoms with Crippen LogP contribution in [0.25, 0.3) is 0 Å². The molecule has 0 unspecified atom stereocenters. The summed E-state index contributed by atoms with van der Waals surface area (Å²) < 4.78 is 0. The Labute approximate surface area is 105 Å². The molecular formula is C12H14ClNOS. The molecule has 2 rings (SSSR count). The van der Waals surface area contributed by atoms with Gasteiger partial charge in [-0.05, 0) is 36.9 Å². The Bertz CT molecular complexity index is 379. The van der Waals surface area contributed by atoms with Crippen molar-refractivity contribution in [1.29, 1.82) is 0 Å². The van der Waals surface area contributed by atoms with Crippen LogP contribution in [0.15, 0.2) is 24.3 Å². The Balaban J connectivity index is 2.05. The van der Waals surface area contributed by atoms with Crippen LogP contribution in [-0.2, 0) is 0 Å². The first-order valence-corrected chi connectivity index (χ1v) is 6.95. The summed E-state index contributed by atoms with van der Waals surface area (Å²) in [6.45, 7) is 1.73. The normalized spacial score (nSPS) is 20.1. The average Bonchev–Trinajstić information content (AvgIpc) is 2.77. The Morgan fingerprint density at radius 3 is 2.69 bits per heavy atom. The highest BCUT2D eigenvalue weighted by atomic mass is 35.5. The zero-order chi connectivity index (χ0) is 11.5. The molecule has 0 aliphatic carbocycles. The molecule has 0 spiro atoms. The van der Waals surface area contributed by atoms with E-state index >= 15 is 0 Å².